The number of benzene rings is 2. The van der Waals surface area contributed by atoms with Crippen LogP contribution in [-0.4, -0.2) is 41.6 Å². The predicted molar refractivity (Wildman–Crippen MR) is 145 cm³/mol. The van der Waals surface area contributed by atoms with Gasteiger partial charge in [0, 0.05) is 24.4 Å². The van der Waals surface area contributed by atoms with Crippen LogP contribution in [0.1, 0.15) is 55.0 Å². The van der Waals surface area contributed by atoms with Crippen molar-refractivity contribution in [2.24, 2.45) is 7.05 Å². The fourth-order valence-electron chi connectivity index (χ4n) is 4.80. The van der Waals surface area contributed by atoms with Crippen LogP contribution in [-0.2, 0) is 26.2 Å². The Kier molecular flexibility index (Phi) is 6.80. The van der Waals surface area contributed by atoms with Crippen LogP contribution in [0.3, 0.4) is 0 Å². The van der Waals surface area contributed by atoms with Gasteiger partial charge in [-0.3, -0.25) is 9.59 Å². The minimum atomic E-state index is -4.42. The van der Waals surface area contributed by atoms with E-state index in [0.29, 0.717) is 45.5 Å². The van der Waals surface area contributed by atoms with E-state index in [-0.39, 0.29) is 29.7 Å². The number of carbonyl (C=O) groups excluding carboxylic acids is 2. The van der Waals surface area contributed by atoms with Crippen molar-refractivity contribution in [1.82, 2.24) is 40.4 Å². The van der Waals surface area contributed by atoms with Crippen LogP contribution in [0.25, 0.3) is 15.8 Å². The smallest absolute Gasteiger partial charge is 0.347 e. The molecule has 0 bridgehead atoms. The molecule has 0 aliphatic heterocycles. The molecule has 0 spiro atoms. The average Bonchev–Trinajstić information content (AvgIpc) is 3.68. The zero-order valence-corrected chi connectivity index (χ0v) is 22.7. The minimum absolute atomic E-state index is 0.00557. The first-order valence-corrected chi connectivity index (χ1v) is 13.5. The van der Waals surface area contributed by atoms with Crippen LogP contribution in [0.4, 0.5) is 13.2 Å². The van der Waals surface area contributed by atoms with Gasteiger partial charge in [0.25, 0.3) is 11.8 Å². The highest BCUT2D eigenvalue weighted by Gasteiger charge is 2.32. The molecule has 6 rings (SSSR count). The second-order valence-electron chi connectivity index (χ2n) is 9.70. The zero-order valence-electron chi connectivity index (χ0n) is 21.8. The van der Waals surface area contributed by atoms with Crippen molar-refractivity contribution in [3.8, 4) is 5.69 Å². The van der Waals surface area contributed by atoms with Crippen molar-refractivity contribution in [1.29, 1.82) is 0 Å². The third kappa shape index (κ3) is 5.25. The number of hydrogen-bond donors (Lipinski definition) is 2. The molecule has 0 fully saturated rings. The van der Waals surface area contributed by atoms with Crippen molar-refractivity contribution in [3.05, 3.63) is 98.3 Å². The summed E-state index contributed by atoms with van der Waals surface area (Å²) >= 11 is 0.641. The Morgan fingerprint density at radius 2 is 1.81 bits per heavy atom. The minimum Gasteiger partial charge on any atom is -0.347 e. The molecule has 15 heteroatoms. The van der Waals surface area contributed by atoms with E-state index in [9.17, 15) is 27.6 Å². The van der Waals surface area contributed by atoms with Crippen molar-refractivity contribution in [3.63, 3.8) is 0 Å². The van der Waals surface area contributed by atoms with Crippen LogP contribution < -0.4 is 16.3 Å². The first-order valence-electron chi connectivity index (χ1n) is 12.7. The SMILES string of the molecule is Cn1nnn(-c2ccc3c(c2)CC[C@@H]3NC(=O)c2cc(C(=O)NCc3ccc4cc(C(F)(F)F)sc4c3)ncn2)c1=O. The molecular formula is C27H21F3N8O3S. The lowest BCUT2D eigenvalue weighted by molar-refractivity contribution is -0.134. The summed E-state index contributed by atoms with van der Waals surface area (Å²) in [7, 11) is 1.51. The lowest BCUT2D eigenvalue weighted by atomic mass is 10.1. The van der Waals surface area contributed by atoms with Gasteiger partial charge in [-0.25, -0.2) is 14.8 Å². The highest BCUT2D eigenvalue weighted by atomic mass is 32.1. The Labute approximate surface area is 239 Å². The number of alkyl halides is 3. The number of aryl methyl sites for hydroxylation is 2. The number of hydrogen-bond acceptors (Lipinski definition) is 8. The molecular weight excluding hydrogens is 573 g/mol. The molecule has 3 heterocycles. The number of tetrazole rings is 1. The summed E-state index contributed by atoms with van der Waals surface area (Å²) in [5.41, 5.74) is 2.67. The maximum Gasteiger partial charge on any atom is 0.425 e. The van der Waals surface area contributed by atoms with Gasteiger partial charge in [-0.05, 0) is 69.6 Å². The van der Waals surface area contributed by atoms with E-state index < -0.39 is 22.9 Å². The molecule has 2 aromatic carbocycles. The van der Waals surface area contributed by atoms with E-state index in [2.05, 4.69) is 31.0 Å². The lowest BCUT2D eigenvalue weighted by Gasteiger charge is -2.14. The van der Waals surface area contributed by atoms with Crippen LogP contribution in [0.5, 0.6) is 0 Å². The number of thiophene rings is 1. The predicted octanol–water partition coefficient (Wildman–Crippen LogP) is 3.34. The summed E-state index contributed by atoms with van der Waals surface area (Å²) in [5, 5.41) is 13.7. The second-order valence-corrected chi connectivity index (χ2v) is 10.8. The van der Waals surface area contributed by atoms with Crippen molar-refractivity contribution >= 4 is 33.2 Å². The Hall–Kier alpha value is -4.92. The number of nitrogens with zero attached hydrogens (tertiary/aromatic N) is 6. The molecule has 11 nitrogen and oxygen atoms in total. The number of carbonyl (C=O) groups is 2. The summed E-state index contributed by atoms with van der Waals surface area (Å²) < 4.78 is 41.9. The number of amides is 2. The molecule has 3 aromatic heterocycles. The van der Waals surface area contributed by atoms with Crippen molar-refractivity contribution < 1.29 is 22.8 Å². The van der Waals surface area contributed by atoms with Crippen LogP contribution in [0.2, 0.25) is 0 Å². The molecule has 0 radical (unpaired) electrons. The van der Waals surface area contributed by atoms with Gasteiger partial charge < -0.3 is 10.6 Å². The first-order chi connectivity index (χ1) is 20.1. The third-order valence-electron chi connectivity index (χ3n) is 6.93. The van der Waals surface area contributed by atoms with Gasteiger partial charge in [-0.1, -0.05) is 18.2 Å². The molecule has 0 unspecified atom stereocenters. The van der Waals surface area contributed by atoms with Crippen LogP contribution >= 0.6 is 11.3 Å². The summed E-state index contributed by atoms with van der Waals surface area (Å²) in [6, 6.07) is 12.3. The van der Waals surface area contributed by atoms with E-state index in [1.165, 1.54) is 17.8 Å². The average molecular weight is 595 g/mol. The number of aromatic nitrogens is 6. The number of halogens is 3. The van der Waals surface area contributed by atoms with Crippen molar-refractivity contribution in [2.45, 2.75) is 31.6 Å². The summed E-state index contributed by atoms with van der Waals surface area (Å²) in [6.45, 7) is 0.0566. The van der Waals surface area contributed by atoms with Gasteiger partial charge in [0.2, 0.25) is 0 Å². The number of nitrogens with one attached hydrogen (secondary N) is 2. The van der Waals surface area contributed by atoms with Gasteiger partial charge in [0.1, 0.15) is 22.6 Å². The Bertz CT molecular complexity index is 1910. The van der Waals surface area contributed by atoms with E-state index in [0.717, 1.165) is 28.2 Å². The summed E-state index contributed by atoms with van der Waals surface area (Å²) in [6.07, 6.45) is -1.99. The normalized spacial score (nSPS) is 14.6. The molecule has 1 atom stereocenters. The molecule has 5 aromatic rings. The van der Waals surface area contributed by atoms with Gasteiger partial charge in [-0.15, -0.1) is 11.3 Å². The lowest BCUT2D eigenvalue weighted by Crippen LogP contribution is -2.29. The maximum absolute atomic E-state index is 13.0. The highest BCUT2D eigenvalue weighted by Crippen LogP contribution is 2.38. The molecule has 1 aliphatic rings. The third-order valence-corrected chi connectivity index (χ3v) is 8.07. The molecule has 0 saturated heterocycles. The van der Waals surface area contributed by atoms with Crippen LogP contribution in [0.15, 0.2) is 59.7 Å². The van der Waals surface area contributed by atoms with Gasteiger partial charge in [0.15, 0.2) is 0 Å². The van der Waals surface area contributed by atoms with E-state index in [4.69, 9.17) is 0 Å². The highest BCUT2D eigenvalue weighted by molar-refractivity contribution is 7.19. The second kappa shape index (κ2) is 10.5. The standard InChI is InChI=1S/C27H21F3N8O3S/c1-37-26(41)38(36-35-37)17-5-6-18-15(9-17)4-7-19(18)34-25(40)21-11-20(32-13-33-21)24(39)31-12-14-2-3-16-10-23(27(28,29)30)42-22(16)8-14/h2-3,5-6,8-11,13,19H,4,7,12H2,1H3,(H,31,39)(H,34,40)/t19-/m0/s1. The molecule has 0 saturated carbocycles. The number of rotatable bonds is 6. The molecule has 42 heavy (non-hydrogen) atoms. The summed E-state index contributed by atoms with van der Waals surface area (Å²) in [5.74, 6) is -1.05. The van der Waals surface area contributed by atoms with E-state index in [1.54, 1.807) is 24.3 Å². The van der Waals surface area contributed by atoms with Gasteiger partial charge >= 0.3 is 11.9 Å². The van der Waals surface area contributed by atoms with Crippen LogP contribution in [0, 0.1) is 0 Å². The number of fused-ring (bicyclic) bond motifs is 2. The molecule has 1 aliphatic carbocycles. The zero-order chi connectivity index (χ0) is 29.6. The molecule has 2 N–H and O–H groups in total. The van der Waals surface area contributed by atoms with Crippen molar-refractivity contribution in [2.75, 3.05) is 0 Å². The van der Waals surface area contributed by atoms with Gasteiger partial charge in [-0.2, -0.15) is 22.5 Å². The molecule has 2 amide bonds. The summed E-state index contributed by atoms with van der Waals surface area (Å²) in [4.78, 5) is 45.2. The maximum atomic E-state index is 13.0. The van der Waals surface area contributed by atoms with E-state index in [1.807, 2.05) is 12.1 Å². The Morgan fingerprint density at radius 1 is 1.02 bits per heavy atom. The Balaban J connectivity index is 1.11. The topological polar surface area (TPSA) is 137 Å². The Morgan fingerprint density at radius 3 is 2.55 bits per heavy atom. The monoisotopic (exact) mass is 594 g/mol. The first kappa shape index (κ1) is 27.3. The fourth-order valence-corrected chi connectivity index (χ4v) is 5.79. The largest absolute Gasteiger partial charge is 0.425 e. The van der Waals surface area contributed by atoms with E-state index >= 15 is 0 Å². The van der Waals surface area contributed by atoms with Gasteiger partial charge in [0.05, 0.1) is 11.7 Å². The molecule has 214 valence electrons. The fraction of sp³-hybridized carbons (Fsp3) is 0.222. The quantitative estimate of drug-likeness (QED) is 0.308.